The van der Waals surface area contributed by atoms with E-state index < -0.39 is 10.2 Å². The molecule has 0 saturated carbocycles. The fourth-order valence-electron chi connectivity index (χ4n) is 2.74. The molecule has 0 amide bonds. The molecule has 2 rings (SSSR count). The Labute approximate surface area is 109 Å². The van der Waals surface area contributed by atoms with Crippen LogP contribution in [0.2, 0.25) is 0 Å². The van der Waals surface area contributed by atoms with E-state index in [1.165, 1.54) is 0 Å². The summed E-state index contributed by atoms with van der Waals surface area (Å²) in [5, 5.41) is 12.2. The Morgan fingerprint density at radius 1 is 1.17 bits per heavy atom. The van der Waals surface area contributed by atoms with Crippen molar-refractivity contribution < 1.29 is 13.5 Å². The van der Waals surface area contributed by atoms with Crippen molar-refractivity contribution in [2.24, 2.45) is 0 Å². The summed E-state index contributed by atoms with van der Waals surface area (Å²) < 4.78 is 28.3. The van der Waals surface area contributed by atoms with Gasteiger partial charge < -0.3 is 10.4 Å². The van der Waals surface area contributed by atoms with Gasteiger partial charge in [-0.05, 0) is 19.3 Å². The lowest BCUT2D eigenvalue weighted by atomic mass is 10.0. The second-order valence-corrected chi connectivity index (χ2v) is 6.81. The Kier molecular flexibility index (Phi) is 4.97. The first-order chi connectivity index (χ1) is 8.66. The molecule has 0 aromatic rings. The Balaban J connectivity index is 2.10. The smallest absolute Gasteiger partial charge is 0.282 e. The van der Waals surface area contributed by atoms with Crippen LogP contribution in [-0.4, -0.2) is 67.5 Å². The summed E-state index contributed by atoms with van der Waals surface area (Å²) in [4.78, 5) is 0. The van der Waals surface area contributed by atoms with E-state index in [0.717, 1.165) is 32.4 Å². The van der Waals surface area contributed by atoms with E-state index in [1.54, 1.807) is 8.61 Å². The van der Waals surface area contributed by atoms with Gasteiger partial charge in [0.1, 0.15) is 0 Å². The number of aliphatic hydroxyl groups is 1. The number of nitrogens with one attached hydrogen (secondary N) is 1. The molecule has 2 aliphatic heterocycles. The molecule has 7 heteroatoms. The number of hydrogen-bond acceptors (Lipinski definition) is 4. The van der Waals surface area contributed by atoms with Gasteiger partial charge in [-0.15, -0.1) is 0 Å². The quantitative estimate of drug-likeness (QED) is 0.718. The van der Waals surface area contributed by atoms with E-state index in [1.807, 2.05) is 0 Å². The highest BCUT2D eigenvalue weighted by Crippen LogP contribution is 2.24. The third-order valence-electron chi connectivity index (χ3n) is 3.73. The highest BCUT2D eigenvalue weighted by atomic mass is 32.2. The van der Waals surface area contributed by atoms with Gasteiger partial charge in [-0.3, -0.25) is 0 Å². The summed E-state index contributed by atoms with van der Waals surface area (Å²) >= 11 is 0. The molecule has 0 aliphatic carbocycles. The van der Waals surface area contributed by atoms with Crippen molar-refractivity contribution in [2.45, 2.75) is 31.7 Å². The minimum Gasteiger partial charge on any atom is -0.396 e. The van der Waals surface area contributed by atoms with Crippen LogP contribution in [-0.2, 0) is 10.2 Å². The standard InChI is InChI=1S/C11H23N3O3S/c15-10-4-11-3-1-2-7-14(11)18(16,17)13-8-5-12-6-9-13/h11-12,15H,1-10H2. The highest BCUT2D eigenvalue weighted by molar-refractivity contribution is 7.86. The molecule has 0 aromatic heterocycles. The zero-order chi connectivity index (χ0) is 13.0. The lowest BCUT2D eigenvalue weighted by Crippen LogP contribution is -2.55. The molecule has 2 N–H and O–H groups in total. The molecule has 18 heavy (non-hydrogen) atoms. The van der Waals surface area contributed by atoms with Crippen molar-refractivity contribution in [1.29, 1.82) is 0 Å². The first-order valence-electron chi connectivity index (χ1n) is 6.75. The van der Waals surface area contributed by atoms with Crippen LogP contribution < -0.4 is 5.32 Å². The second kappa shape index (κ2) is 6.29. The van der Waals surface area contributed by atoms with Crippen molar-refractivity contribution in [3.63, 3.8) is 0 Å². The molecule has 0 spiro atoms. The zero-order valence-electron chi connectivity index (χ0n) is 10.7. The average molecular weight is 277 g/mol. The third kappa shape index (κ3) is 3.03. The number of hydrogen-bond donors (Lipinski definition) is 2. The predicted octanol–water partition coefficient (Wildman–Crippen LogP) is -0.627. The summed E-state index contributed by atoms with van der Waals surface area (Å²) in [5.74, 6) is 0. The summed E-state index contributed by atoms with van der Waals surface area (Å²) in [5.41, 5.74) is 0. The van der Waals surface area contributed by atoms with E-state index in [-0.39, 0.29) is 12.6 Å². The van der Waals surface area contributed by atoms with Gasteiger partial charge in [0.15, 0.2) is 0 Å². The van der Waals surface area contributed by atoms with Crippen LogP contribution in [0.3, 0.4) is 0 Å². The maximum atomic E-state index is 12.6. The van der Waals surface area contributed by atoms with Gasteiger partial charge >= 0.3 is 0 Å². The minimum absolute atomic E-state index is 0.0244. The maximum absolute atomic E-state index is 12.6. The predicted molar refractivity (Wildman–Crippen MR) is 69.4 cm³/mol. The number of piperidine rings is 1. The van der Waals surface area contributed by atoms with Crippen molar-refractivity contribution in [3.8, 4) is 0 Å². The Bertz CT molecular complexity index is 353. The lowest BCUT2D eigenvalue weighted by Gasteiger charge is -2.39. The molecule has 6 nitrogen and oxygen atoms in total. The van der Waals surface area contributed by atoms with Crippen LogP contribution in [0.25, 0.3) is 0 Å². The SMILES string of the molecule is O=S(=O)(N1CCNCC1)N1CCCCC1CCO. The van der Waals surface area contributed by atoms with E-state index in [2.05, 4.69) is 5.32 Å². The molecule has 1 unspecified atom stereocenters. The molecule has 0 bridgehead atoms. The summed E-state index contributed by atoms with van der Waals surface area (Å²) in [7, 11) is -3.34. The Hall–Kier alpha value is -0.210. The fourth-order valence-corrected chi connectivity index (χ4v) is 4.63. The lowest BCUT2D eigenvalue weighted by molar-refractivity contribution is 0.181. The average Bonchev–Trinajstić information content (AvgIpc) is 2.41. The molecular formula is C11H23N3O3S. The van der Waals surface area contributed by atoms with E-state index >= 15 is 0 Å². The fraction of sp³-hybridized carbons (Fsp3) is 1.00. The first kappa shape index (κ1) is 14.2. The zero-order valence-corrected chi connectivity index (χ0v) is 11.5. The van der Waals surface area contributed by atoms with Crippen molar-refractivity contribution in [3.05, 3.63) is 0 Å². The van der Waals surface area contributed by atoms with Gasteiger partial charge in [-0.1, -0.05) is 6.42 Å². The van der Waals surface area contributed by atoms with Gasteiger partial charge in [0.2, 0.25) is 0 Å². The summed E-state index contributed by atoms with van der Waals surface area (Å²) in [6.07, 6.45) is 3.39. The maximum Gasteiger partial charge on any atom is 0.282 e. The molecule has 2 heterocycles. The van der Waals surface area contributed by atoms with Gasteiger partial charge in [-0.25, -0.2) is 0 Å². The Morgan fingerprint density at radius 3 is 2.56 bits per heavy atom. The van der Waals surface area contributed by atoms with Crippen molar-refractivity contribution in [2.75, 3.05) is 39.3 Å². The van der Waals surface area contributed by atoms with E-state index in [9.17, 15) is 8.42 Å². The topological polar surface area (TPSA) is 72.9 Å². The molecule has 2 saturated heterocycles. The molecule has 0 radical (unpaired) electrons. The van der Waals surface area contributed by atoms with Gasteiger partial charge in [0.25, 0.3) is 10.2 Å². The highest BCUT2D eigenvalue weighted by Gasteiger charge is 2.36. The number of nitrogens with zero attached hydrogens (tertiary/aromatic N) is 2. The van der Waals surface area contributed by atoms with Crippen molar-refractivity contribution in [1.82, 2.24) is 13.9 Å². The normalized spacial score (nSPS) is 28.4. The molecule has 2 aliphatic rings. The molecule has 106 valence electrons. The van der Waals surface area contributed by atoms with Gasteiger partial charge in [0.05, 0.1) is 0 Å². The van der Waals surface area contributed by atoms with Crippen LogP contribution in [0.5, 0.6) is 0 Å². The van der Waals surface area contributed by atoms with E-state index in [4.69, 9.17) is 5.11 Å². The second-order valence-electron chi connectivity index (χ2n) is 4.93. The van der Waals surface area contributed by atoms with Crippen molar-refractivity contribution >= 4 is 10.2 Å². The number of piperazine rings is 1. The monoisotopic (exact) mass is 277 g/mol. The molecular weight excluding hydrogens is 254 g/mol. The molecule has 1 atom stereocenters. The Morgan fingerprint density at radius 2 is 1.89 bits per heavy atom. The third-order valence-corrected chi connectivity index (χ3v) is 5.83. The molecule has 0 aromatic carbocycles. The van der Waals surface area contributed by atoms with Crippen LogP contribution in [0, 0.1) is 0 Å². The first-order valence-corrected chi connectivity index (χ1v) is 8.14. The molecule has 2 fully saturated rings. The van der Waals surface area contributed by atoms with Crippen LogP contribution >= 0.6 is 0 Å². The van der Waals surface area contributed by atoms with Gasteiger partial charge in [0, 0.05) is 45.4 Å². The van der Waals surface area contributed by atoms with Crippen LogP contribution in [0.1, 0.15) is 25.7 Å². The summed E-state index contributed by atoms with van der Waals surface area (Å²) in [6, 6.07) is -0.0244. The minimum atomic E-state index is -3.34. The van der Waals surface area contributed by atoms with E-state index in [0.29, 0.717) is 26.1 Å². The van der Waals surface area contributed by atoms with Gasteiger partial charge in [-0.2, -0.15) is 17.0 Å². The van der Waals surface area contributed by atoms with Crippen LogP contribution in [0.4, 0.5) is 0 Å². The number of aliphatic hydroxyl groups excluding tert-OH is 1. The summed E-state index contributed by atoms with van der Waals surface area (Å²) in [6.45, 7) is 3.18. The largest absolute Gasteiger partial charge is 0.396 e. The van der Waals surface area contributed by atoms with Crippen LogP contribution in [0.15, 0.2) is 0 Å². The number of rotatable bonds is 4.